The van der Waals surface area contributed by atoms with Gasteiger partial charge in [0.25, 0.3) is 0 Å². The summed E-state index contributed by atoms with van der Waals surface area (Å²) in [6.45, 7) is -4.56. The molecule has 0 aromatic carbocycles. The molecule has 0 saturated carbocycles. The number of carbonyl (C=O) groups excluding carboxylic acids is 4. The zero-order valence-electron chi connectivity index (χ0n) is 54.3. The van der Waals surface area contributed by atoms with Gasteiger partial charge in [0.1, 0.15) is 195 Å². The Bertz CT molecular complexity index is 2640. The summed E-state index contributed by atoms with van der Waals surface area (Å²) >= 11 is 0. The summed E-state index contributed by atoms with van der Waals surface area (Å²) in [6, 6.07) is -7.13. The van der Waals surface area contributed by atoms with Gasteiger partial charge in [0, 0.05) is 27.7 Å². The van der Waals surface area contributed by atoms with E-state index in [4.69, 9.17) is 71.1 Å². The van der Waals surface area contributed by atoms with Crippen molar-refractivity contribution in [2.24, 2.45) is 0 Å². The molecule has 8 rings (SSSR count). The summed E-state index contributed by atoms with van der Waals surface area (Å²) in [5.74, 6) is -3.45. The van der Waals surface area contributed by atoms with Gasteiger partial charge >= 0.3 is 0 Å². The minimum absolute atomic E-state index is 0.769. The Kier molecular flexibility index (Phi) is 29.9. The molecule has 45 heteroatoms. The van der Waals surface area contributed by atoms with Crippen LogP contribution in [-0.4, -0.2) is 434 Å². The lowest BCUT2D eigenvalue weighted by molar-refractivity contribution is -0.396. The van der Waals surface area contributed by atoms with E-state index in [0.717, 1.165) is 27.7 Å². The van der Waals surface area contributed by atoms with E-state index in [1.165, 1.54) is 0 Å². The minimum atomic E-state index is -2.50. The molecule has 8 aliphatic rings. The molecule has 45 nitrogen and oxygen atoms in total. The van der Waals surface area contributed by atoms with Crippen molar-refractivity contribution in [2.45, 2.75) is 273 Å². The normalized spacial score (nSPS) is 48.3. The summed E-state index contributed by atoms with van der Waals surface area (Å²) in [7, 11) is 0. The molecule has 8 aliphatic heterocycles. The van der Waals surface area contributed by atoms with E-state index in [0.29, 0.717) is 0 Å². The quantitative estimate of drug-likeness (QED) is 0.0382. The van der Waals surface area contributed by atoms with Gasteiger partial charge in [0.2, 0.25) is 23.6 Å². The van der Waals surface area contributed by atoms with Crippen LogP contribution in [0.1, 0.15) is 27.7 Å². The van der Waals surface area contributed by atoms with Crippen molar-refractivity contribution in [3.8, 4) is 0 Å². The highest BCUT2D eigenvalue weighted by Crippen LogP contribution is 2.39. The monoisotopic (exact) mass is 1480 g/mol. The second-order valence-corrected chi connectivity index (χ2v) is 25.4. The van der Waals surface area contributed by atoms with Crippen LogP contribution < -0.4 is 21.3 Å². The van der Waals surface area contributed by atoms with Gasteiger partial charge in [0.05, 0.1) is 52.9 Å². The second-order valence-electron chi connectivity index (χ2n) is 25.4. The maximum atomic E-state index is 12.9. The molecule has 8 fully saturated rings. The molecule has 0 radical (unpaired) electrons. The van der Waals surface area contributed by atoms with E-state index >= 15 is 0 Å². The zero-order valence-corrected chi connectivity index (χ0v) is 54.3. The van der Waals surface area contributed by atoms with Crippen molar-refractivity contribution in [1.29, 1.82) is 0 Å². The topological polar surface area (TPSA) is 700 Å². The first-order valence-corrected chi connectivity index (χ1v) is 32.1. The molecule has 26 N–H and O–H groups in total. The van der Waals surface area contributed by atoms with Crippen LogP contribution in [0, 0.1) is 0 Å². The van der Waals surface area contributed by atoms with E-state index < -0.39 is 322 Å². The highest BCUT2D eigenvalue weighted by molar-refractivity contribution is 5.74. The summed E-state index contributed by atoms with van der Waals surface area (Å²) < 4.78 is 88.6. The molecule has 0 unspecified atom stereocenters. The van der Waals surface area contributed by atoms with Crippen LogP contribution in [-0.2, 0) is 90.2 Å². The van der Waals surface area contributed by atoms with Gasteiger partial charge < -0.3 is 205 Å². The Balaban J connectivity index is 1.13. The molecule has 40 atom stereocenters. The number of carbonyl (C=O) groups is 4. The van der Waals surface area contributed by atoms with Crippen LogP contribution in [0.25, 0.3) is 0 Å². The Labute approximate surface area is 572 Å². The number of aliphatic hydroxyl groups excluding tert-OH is 22. The fraction of sp³-hybridized carbons (Fsp3) is 0.929. The zero-order chi connectivity index (χ0) is 74.5. The van der Waals surface area contributed by atoms with Crippen LogP contribution >= 0.6 is 0 Å². The third-order valence-corrected chi connectivity index (χ3v) is 18.3. The molecule has 8 saturated heterocycles. The number of hydrogen-bond acceptors (Lipinski definition) is 41. The van der Waals surface area contributed by atoms with Crippen molar-refractivity contribution in [1.82, 2.24) is 21.3 Å². The van der Waals surface area contributed by atoms with Crippen LogP contribution in [0.2, 0.25) is 0 Å². The van der Waals surface area contributed by atoms with Crippen LogP contribution in [0.5, 0.6) is 0 Å². The van der Waals surface area contributed by atoms with Gasteiger partial charge in [-0.2, -0.15) is 0 Å². The molecule has 101 heavy (non-hydrogen) atoms. The first-order chi connectivity index (χ1) is 47.8. The summed E-state index contributed by atoms with van der Waals surface area (Å²) in [5, 5.41) is 252. The smallest absolute Gasteiger partial charge is 0.217 e. The molecule has 4 amide bonds. The SMILES string of the molecule is CC(=O)N[C@@H]1[C@@H](O)[C@H](O[C@@H]2O[C@H](CO)[C@@H](O[C@@H]3O[C@H](CO[C@H]4O[C@H](CO)[C@@H](O)[C@H](O)[C@@H]4O[C@@H]4O[C@H](CO)[C@@H](O[C@@H]5O[C@H](CO)[C@H](O)[C@H](O)[C@H]5O)[C@H](O)[C@H]4NC(C)=O)[C@@H](O)[C@H](O[C@H]4O[C@H](CO)[C@@H](O)[C@H](O)[C@@H]4O[C@@H]4O[C@H](CO)[C@@H](O)[C@H](O)[C@H]4NC(C)=O)[C@@H]3O)[C@H](O)[C@H]2NC(C)=O)[C@@H](CO)O[C@@H]1O. The lowest BCUT2D eigenvalue weighted by Crippen LogP contribution is -2.70. The summed E-state index contributed by atoms with van der Waals surface area (Å²) in [6.07, 6.45) is -73.3. The minimum Gasteiger partial charge on any atom is -0.394 e. The maximum absolute atomic E-state index is 12.9. The number of amides is 4. The summed E-state index contributed by atoms with van der Waals surface area (Å²) in [4.78, 5) is 50.2. The van der Waals surface area contributed by atoms with Gasteiger partial charge in [-0.1, -0.05) is 0 Å². The number of ether oxygens (including phenoxy) is 15. The first kappa shape index (κ1) is 83.0. The Morgan fingerprint density at radius 1 is 0.257 bits per heavy atom. The van der Waals surface area contributed by atoms with Gasteiger partial charge in [0.15, 0.2) is 50.3 Å². The van der Waals surface area contributed by atoms with Crippen molar-refractivity contribution < 1.29 is 203 Å². The molecular weight excluding hydrogens is 1380 g/mol. The van der Waals surface area contributed by atoms with Crippen LogP contribution in [0.15, 0.2) is 0 Å². The predicted molar refractivity (Wildman–Crippen MR) is 311 cm³/mol. The van der Waals surface area contributed by atoms with Gasteiger partial charge in [-0.3, -0.25) is 19.2 Å². The number of rotatable bonds is 26. The van der Waals surface area contributed by atoms with Crippen molar-refractivity contribution in [3.05, 3.63) is 0 Å². The third-order valence-electron chi connectivity index (χ3n) is 18.3. The Morgan fingerprint density at radius 2 is 0.545 bits per heavy atom. The van der Waals surface area contributed by atoms with Gasteiger partial charge in [-0.25, -0.2) is 0 Å². The van der Waals surface area contributed by atoms with E-state index in [2.05, 4.69) is 21.3 Å². The highest BCUT2D eigenvalue weighted by Gasteiger charge is 2.60. The predicted octanol–water partition coefficient (Wildman–Crippen LogP) is -17.9. The van der Waals surface area contributed by atoms with Crippen molar-refractivity contribution >= 4 is 23.6 Å². The average molecular weight is 1480 g/mol. The molecular formula is C56H94N4O41. The average Bonchev–Trinajstić information content (AvgIpc) is 0.778. The standard InChI is InChI=1S/C56H94N4O41/c1-13(68)57-25-35(78)43(21(9-65)88-49(25)86)96-51-27(59-15(3)70)36(79)45(23(11-67)93-51)98-54-42(85)46(99-56-48(40(83)32(75)20(8-64)92-56)101-50-26(58-14(2)69)34(77)29(72)17(5-61)89-50)33(76)24(95-54)12-87-55-47(39(82)31(74)19(7-63)91-55)100-52-28(60-16(4)71)37(80)44(22(10-66)94-52)97-53-41(84)38(81)30(73)18(6-62)90-53/h17-56,61-67,72-86H,5-12H2,1-4H3,(H,57,68)(H,58,69)(H,59,70)(H,60,71)/t17-,18-,19-,20-,21-,22-,23-,24-,25-,26-,27-,28-,29-,30+,31-,32-,33-,34-,35-,36-,37-,38+,39+,40+,41-,42+,43-,44-,45-,46+,47+,48+,49+,50+,51+,52+,53+,54+,55+,56-/m1/s1. The molecule has 0 aromatic heterocycles. The molecule has 0 bridgehead atoms. The van der Waals surface area contributed by atoms with E-state index in [1.54, 1.807) is 0 Å². The molecule has 0 spiro atoms. The molecule has 0 aliphatic carbocycles. The molecule has 584 valence electrons. The highest BCUT2D eigenvalue weighted by atomic mass is 16.8. The maximum Gasteiger partial charge on any atom is 0.217 e. The lowest BCUT2D eigenvalue weighted by Gasteiger charge is -2.51. The number of aliphatic hydroxyl groups is 22. The fourth-order valence-electron chi connectivity index (χ4n) is 13.0. The van der Waals surface area contributed by atoms with Crippen LogP contribution in [0.4, 0.5) is 0 Å². The van der Waals surface area contributed by atoms with E-state index in [1.807, 2.05) is 0 Å². The van der Waals surface area contributed by atoms with Crippen LogP contribution in [0.3, 0.4) is 0 Å². The Morgan fingerprint density at radius 3 is 0.970 bits per heavy atom. The van der Waals surface area contributed by atoms with Crippen molar-refractivity contribution in [3.63, 3.8) is 0 Å². The number of nitrogens with one attached hydrogen (secondary N) is 4. The molecule has 0 aromatic rings. The third kappa shape index (κ3) is 18.5. The largest absolute Gasteiger partial charge is 0.394 e. The summed E-state index contributed by atoms with van der Waals surface area (Å²) in [5.41, 5.74) is 0. The fourth-order valence-corrected chi connectivity index (χ4v) is 13.0. The van der Waals surface area contributed by atoms with E-state index in [9.17, 15) is 132 Å². The first-order valence-electron chi connectivity index (χ1n) is 32.1. The molecule has 8 heterocycles. The number of hydrogen-bond donors (Lipinski definition) is 26. The second kappa shape index (κ2) is 36.3. The van der Waals surface area contributed by atoms with E-state index in [-0.39, 0.29) is 0 Å². The Hall–Kier alpha value is -3.60. The lowest BCUT2D eigenvalue weighted by atomic mass is 9.93. The van der Waals surface area contributed by atoms with Crippen molar-refractivity contribution in [2.75, 3.05) is 52.9 Å². The van der Waals surface area contributed by atoms with Gasteiger partial charge in [-0.15, -0.1) is 0 Å². The van der Waals surface area contributed by atoms with Gasteiger partial charge in [-0.05, 0) is 0 Å².